The molecule has 8 nitrogen and oxygen atoms in total. The number of aryl methyl sites for hydroxylation is 3. The van der Waals surface area contributed by atoms with Crippen molar-refractivity contribution in [2.75, 3.05) is 30.3 Å². The fraction of sp³-hybridized carbons (Fsp3) is 0.391. The monoisotopic (exact) mass is 457 g/mol. The zero-order valence-electron chi connectivity index (χ0n) is 18.4. The van der Waals surface area contributed by atoms with Crippen molar-refractivity contribution in [1.82, 2.24) is 4.31 Å². The summed E-state index contributed by atoms with van der Waals surface area (Å²) in [5.74, 6) is -0.254. The highest BCUT2D eigenvalue weighted by molar-refractivity contribution is 7.89. The zero-order chi connectivity index (χ0) is 23.0. The Balaban J connectivity index is 1.44. The summed E-state index contributed by atoms with van der Waals surface area (Å²) < 4.78 is 33.4. The molecule has 0 aromatic heterocycles. The molecule has 170 valence electrons. The second-order valence-corrected chi connectivity index (χ2v) is 10.3. The summed E-state index contributed by atoms with van der Waals surface area (Å²) in [6, 6.07) is 8.87. The first-order valence-corrected chi connectivity index (χ1v) is 12.0. The molecule has 0 radical (unpaired) electrons. The second-order valence-electron chi connectivity index (χ2n) is 8.42. The first kappa shape index (κ1) is 22.3. The summed E-state index contributed by atoms with van der Waals surface area (Å²) in [5.41, 5.74) is 4.02. The van der Waals surface area contributed by atoms with E-state index < -0.39 is 10.0 Å². The lowest BCUT2D eigenvalue weighted by Gasteiger charge is -2.31. The van der Waals surface area contributed by atoms with E-state index in [1.165, 1.54) is 10.4 Å². The molecule has 2 aromatic carbocycles. The molecular formula is C23H27N3O5S. The number of hydrogen-bond donors (Lipinski definition) is 2. The van der Waals surface area contributed by atoms with Crippen LogP contribution < -0.4 is 15.4 Å². The van der Waals surface area contributed by atoms with Crippen LogP contribution >= 0.6 is 0 Å². The highest BCUT2D eigenvalue weighted by atomic mass is 32.2. The average Bonchev–Trinajstić information content (AvgIpc) is 2.75. The van der Waals surface area contributed by atoms with Crippen LogP contribution in [0.2, 0.25) is 0 Å². The van der Waals surface area contributed by atoms with E-state index in [0.29, 0.717) is 29.8 Å². The quantitative estimate of drug-likeness (QED) is 0.734. The lowest BCUT2D eigenvalue weighted by Crippen LogP contribution is -2.41. The number of amides is 2. The van der Waals surface area contributed by atoms with E-state index in [0.717, 1.165) is 16.8 Å². The number of piperidine rings is 1. The number of rotatable bonds is 4. The summed E-state index contributed by atoms with van der Waals surface area (Å²) in [5, 5.41) is 5.64. The maximum atomic E-state index is 13.3. The van der Waals surface area contributed by atoms with Crippen molar-refractivity contribution in [2.24, 2.45) is 5.92 Å². The molecule has 0 saturated carbocycles. The smallest absolute Gasteiger partial charge is 0.262 e. The van der Waals surface area contributed by atoms with Crippen LogP contribution in [0.5, 0.6) is 5.75 Å². The molecular weight excluding hydrogens is 430 g/mol. The Bertz CT molecular complexity index is 1180. The molecule has 2 aliphatic heterocycles. The summed E-state index contributed by atoms with van der Waals surface area (Å²) >= 11 is 0. The van der Waals surface area contributed by atoms with Crippen LogP contribution in [0.25, 0.3) is 0 Å². The van der Waals surface area contributed by atoms with E-state index in [2.05, 4.69) is 10.6 Å². The summed E-state index contributed by atoms with van der Waals surface area (Å²) in [7, 11) is -3.75. The van der Waals surface area contributed by atoms with E-state index in [4.69, 9.17) is 4.74 Å². The van der Waals surface area contributed by atoms with Crippen molar-refractivity contribution in [2.45, 2.75) is 38.5 Å². The van der Waals surface area contributed by atoms with Crippen LogP contribution in [0.15, 0.2) is 35.2 Å². The van der Waals surface area contributed by atoms with Gasteiger partial charge in [-0.1, -0.05) is 6.07 Å². The Morgan fingerprint density at radius 2 is 1.78 bits per heavy atom. The number of nitrogens with zero attached hydrogens (tertiary/aromatic N) is 1. The number of hydrogen-bond acceptors (Lipinski definition) is 5. The van der Waals surface area contributed by atoms with E-state index in [-0.39, 0.29) is 42.3 Å². The van der Waals surface area contributed by atoms with Gasteiger partial charge in [-0.3, -0.25) is 9.59 Å². The van der Waals surface area contributed by atoms with Crippen LogP contribution in [0, 0.1) is 26.7 Å². The number of fused-ring (bicyclic) bond motifs is 1. The summed E-state index contributed by atoms with van der Waals surface area (Å²) in [4.78, 5) is 24.4. The van der Waals surface area contributed by atoms with Crippen molar-refractivity contribution < 1.29 is 22.7 Å². The first-order chi connectivity index (χ1) is 15.1. The van der Waals surface area contributed by atoms with Gasteiger partial charge in [0.05, 0.1) is 10.6 Å². The zero-order valence-corrected chi connectivity index (χ0v) is 19.2. The number of benzene rings is 2. The largest absolute Gasteiger partial charge is 0.482 e. The SMILES string of the molecule is Cc1ccc(NC(=O)C2CCN(S(=O)(=O)c3cc4c(cc3C)NC(=O)CO4)CC2)cc1C. The minimum Gasteiger partial charge on any atom is -0.482 e. The third-order valence-electron chi connectivity index (χ3n) is 6.13. The summed E-state index contributed by atoms with van der Waals surface area (Å²) in [6.45, 7) is 6.09. The van der Waals surface area contributed by atoms with E-state index in [1.54, 1.807) is 13.0 Å². The Kier molecular flexibility index (Phi) is 5.96. The highest BCUT2D eigenvalue weighted by Gasteiger charge is 2.34. The van der Waals surface area contributed by atoms with Crippen molar-refractivity contribution in [3.8, 4) is 5.75 Å². The van der Waals surface area contributed by atoms with E-state index in [1.807, 2.05) is 32.0 Å². The molecule has 1 saturated heterocycles. The fourth-order valence-electron chi connectivity index (χ4n) is 4.05. The van der Waals surface area contributed by atoms with Gasteiger partial charge in [-0.15, -0.1) is 0 Å². The average molecular weight is 458 g/mol. The molecule has 2 aromatic rings. The second kappa shape index (κ2) is 8.55. The highest BCUT2D eigenvalue weighted by Crippen LogP contribution is 2.35. The topological polar surface area (TPSA) is 105 Å². The number of sulfonamides is 1. The van der Waals surface area contributed by atoms with Gasteiger partial charge < -0.3 is 15.4 Å². The molecule has 2 N–H and O–H groups in total. The molecule has 0 bridgehead atoms. The molecule has 0 atom stereocenters. The van der Waals surface area contributed by atoms with Crippen LogP contribution in [0.1, 0.15) is 29.5 Å². The van der Waals surface area contributed by atoms with Crippen molar-refractivity contribution in [1.29, 1.82) is 0 Å². The molecule has 0 aliphatic carbocycles. The maximum Gasteiger partial charge on any atom is 0.262 e. The van der Waals surface area contributed by atoms with Crippen molar-refractivity contribution >= 4 is 33.2 Å². The van der Waals surface area contributed by atoms with Crippen molar-refractivity contribution in [3.05, 3.63) is 47.0 Å². The molecule has 4 rings (SSSR count). The Labute approximate surface area is 188 Å². The molecule has 0 spiro atoms. The molecule has 1 fully saturated rings. The molecule has 2 aliphatic rings. The van der Waals surface area contributed by atoms with Crippen LogP contribution in [0.4, 0.5) is 11.4 Å². The van der Waals surface area contributed by atoms with Gasteiger partial charge in [-0.25, -0.2) is 8.42 Å². The number of ether oxygens (including phenoxy) is 1. The van der Waals surface area contributed by atoms with Gasteiger partial charge in [-0.2, -0.15) is 4.31 Å². The van der Waals surface area contributed by atoms with Gasteiger partial charge in [-0.05, 0) is 68.5 Å². The molecule has 32 heavy (non-hydrogen) atoms. The number of carbonyl (C=O) groups excluding carboxylic acids is 2. The minimum atomic E-state index is -3.75. The first-order valence-electron chi connectivity index (χ1n) is 10.6. The fourth-order valence-corrected chi connectivity index (χ4v) is 5.75. The normalized spacial score (nSPS) is 17.3. The van der Waals surface area contributed by atoms with Gasteiger partial charge in [0, 0.05) is 30.8 Å². The number of anilines is 2. The predicted octanol–water partition coefficient (Wildman–Crippen LogP) is 2.98. The van der Waals surface area contributed by atoms with E-state index in [9.17, 15) is 18.0 Å². The van der Waals surface area contributed by atoms with Gasteiger partial charge in [0.15, 0.2) is 6.61 Å². The number of carbonyl (C=O) groups is 2. The minimum absolute atomic E-state index is 0.0839. The molecule has 2 heterocycles. The van der Waals surface area contributed by atoms with Gasteiger partial charge >= 0.3 is 0 Å². The lowest BCUT2D eigenvalue weighted by atomic mass is 9.97. The van der Waals surface area contributed by atoms with Gasteiger partial charge in [0.25, 0.3) is 5.91 Å². The van der Waals surface area contributed by atoms with Gasteiger partial charge in [0.1, 0.15) is 5.75 Å². The molecule has 9 heteroatoms. The third kappa shape index (κ3) is 4.35. The lowest BCUT2D eigenvalue weighted by molar-refractivity contribution is -0.121. The van der Waals surface area contributed by atoms with E-state index >= 15 is 0 Å². The molecule has 2 amide bonds. The molecule has 0 unspecified atom stereocenters. The Morgan fingerprint density at radius 3 is 2.47 bits per heavy atom. The summed E-state index contributed by atoms with van der Waals surface area (Å²) in [6.07, 6.45) is 0.902. The van der Waals surface area contributed by atoms with Crippen LogP contribution in [0.3, 0.4) is 0 Å². The predicted molar refractivity (Wildman–Crippen MR) is 121 cm³/mol. The Morgan fingerprint density at radius 1 is 1.06 bits per heavy atom. The van der Waals surface area contributed by atoms with Crippen LogP contribution in [-0.2, 0) is 19.6 Å². The number of nitrogens with one attached hydrogen (secondary N) is 2. The van der Waals surface area contributed by atoms with Gasteiger partial charge in [0.2, 0.25) is 15.9 Å². The standard InChI is InChI=1S/C23H27N3O5S/c1-14-4-5-18(10-15(14)2)24-23(28)17-6-8-26(9-7-17)32(29,30)21-12-20-19(11-16(21)3)25-22(27)13-31-20/h4-5,10-12,17H,6-9,13H2,1-3H3,(H,24,28)(H,25,27). The third-order valence-corrected chi connectivity index (χ3v) is 8.17. The van der Waals surface area contributed by atoms with Crippen molar-refractivity contribution in [3.63, 3.8) is 0 Å². The maximum absolute atomic E-state index is 13.3. The Hall–Kier alpha value is -2.91. The van der Waals surface area contributed by atoms with Crippen LogP contribution in [-0.4, -0.2) is 44.2 Å².